The van der Waals surface area contributed by atoms with E-state index in [9.17, 15) is 9.90 Å². The predicted molar refractivity (Wildman–Crippen MR) is 95.7 cm³/mol. The van der Waals surface area contributed by atoms with Gasteiger partial charge < -0.3 is 14.6 Å². The van der Waals surface area contributed by atoms with Gasteiger partial charge in [-0.3, -0.25) is 0 Å². The zero-order chi connectivity index (χ0) is 17.6. The van der Waals surface area contributed by atoms with Crippen molar-refractivity contribution in [2.75, 3.05) is 13.7 Å². The van der Waals surface area contributed by atoms with Crippen molar-refractivity contribution in [3.05, 3.63) is 42.0 Å². The summed E-state index contributed by atoms with van der Waals surface area (Å²) in [5.74, 6) is 5.87. The number of hydrogen-bond donors (Lipinski definition) is 1. The number of benzene rings is 1. The second-order valence-electron chi connectivity index (χ2n) is 5.08. The first-order valence-corrected chi connectivity index (χ1v) is 8.02. The second kappa shape index (κ2) is 11.8. The Morgan fingerprint density at radius 1 is 1.33 bits per heavy atom. The van der Waals surface area contributed by atoms with E-state index in [1.54, 1.807) is 30.4 Å². The largest absolute Gasteiger partial charge is 0.504 e. The molecule has 1 aromatic rings. The first-order valence-electron chi connectivity index (χ1n) is 8.02. The monoisotopic (exact) mass is 328 g/mol. The van der Waals surface area contributed by atoms with Gasteiger partial charge in [0.2, 0.25) is 0 Å². The minimum absolute atomic E-state index is 0.0852. The molecule has 0 aliphatic heterocycles. The molecule has 0 spiro atoms. The van der Waals surface area contributed by atoms with E-state index in [2.05, 4.69) is 18.8 Å². The fourth-order valence-corrected chi connectivity index (χ4v) is 1.86. The van der Waals surface area contributed by atoms with Crippen molar-refractivity contribution in [3.63, 3.8) is 0 Å². The summed E-state index contributed by atoms with van der Waals surface area (Å²) in [5.41, 5.74) is 0.842. The Labute approximate surface area is 143 Å². The van der Waals surface area contributed by atoms with Crippen molar-refractivity contribution in [1.82, 2.24) is 0 Å². The van der Waals surface area contributed by atoms with Crippen LogP contribution in [0.25, 0.3) is 6.08 Å². The van der Waals surface area contributed by atoms with Crippen LogP contribution in [0.3, 0.4) is 0 Å². The van der Waals surface area contributed by atoms with Gasteiger partial charge in [-0.15, -0.1) is 0 Å². The van der Waals surface area contributed by atoms with Gasteiger partial charge in [-0.05, 0) is 36.3 Å². The summed E-state index contributed by atoms with van der Waals surface area (Å²) in [6.45, 7) is 2.31. The molecule has 4 heteroatoms. The number of hydrogen-bond acceptors (Lipinski definition) is 4. The number of allylic oxidation sites excluding steroid dienone is 1. The van der Waals surface area contributed by atoms with E-state index in [1.807, 2.05) is 0 Å². The summed E-state index contributed by atoms with van der Waals surface area (Å²) in [7, 11) is 1.49. The Kier molecular flexibility index (Phi) is 9.56. The minimum atomic E-state index is -0.425. The van der Waals surface area contributed by atoms with Crippen molar-refractivity contribution in [3.8, 4) is 23.3 Å². The molecule has 0 fully saturated rings. The van der Waals surface area contributed by atoms with Crippen LogP contribution in [0.5, 0.6) is 11.5 Å². The third kappa shape index (κ3) is 8.09. The molecule has 0 atom stereocenters. The number of methoxy groups -OCH3 is 1. The molecule has 0 bridgehead atoms. The van der Waals surface area contributed by atoms with Gasteiger partial charge >= 0.3 is 5.97 Å². The standard InChI is InChI=1S/C20H24O4/c1-3-4-5-6-7-8-9-12-20(22)24-15-10-11-17-13-14-18(21)19(16-17)23-2/h9-14,16,21H,3-6,15H2,1-2H3. The van der Waals surface area contributed by atoms with Gasteiger partial charge in [-0.25, -0.2) is 4.79 Å². The van der Waals surface area contributed by atoms with Crippen LogP contribution in [-0.2, 0) is 9.53 Å². The van der Waals surface area contributed by atoms with Gasteiger partial charge in [0, 0.05) is 12.5 Å². The summed E-state index contributed by atoms with van der Waals surface area (Å²) in [5, 5.41) is 9.51. The molecule has 0 aromatic heterocycles. The minimum Gasteiger partial charge on any atom is -0.504 e. The number of phenols is 1. The fourth-order valence-electron chi connectivity index (χ4n) is 1.86. The number of ether oxygens (including phenoxy) is 2. The summed E-state index contributed by atoms with van der Waals surface area (Å²) < 4.78 is 10.1. The molecule has 0 heterocycles. The van der Waals surface area contributed by atoms with Crippen LogP contribution >= 0.6 is 0 Å². The van der Waals surface area contributed by atoms with Crippen LogP contribution in [-0.4, -0.2) is 24.8 Å². The molecular formula is C20H24O4. The lowest BCUT2D eigenvalue weighted by atomic mass is 10.2. The van der Waals surface area contributed by atoms with Crippen molar-refractivity contribution in [2.45, 2.75) is 32.6 Å². The van der Waals surface area contributed by atoms with E-state index in [0.29, 0.717) is 5.75 Å². The summed E-state index contributed by atoms with van der Waals surface area (Å²) in [6.07, 6.45) is 10.6. The zero-order valence-corrected chi connectivity index (χ0v) is 14.2. The Bertz CT molecular complexity index is 633. The molecule has 0 saturated carbocycles. The smallest absolute Gasteiger partial charge is 0.331 e. The van der Waals surface area contributed by atoms with Crippen molar-refractivity contribution >= 4 is 12.0 Å². The van der Waals surface area contributed by atoms with Gasteiger partial charge in [-0.1, -0.05) is 43.7 Å². The number of carbonyl (C=O) groups excluding carboxylic acids is 1. The van der Waals surface area contributed by atoms with Gasteiger partial charge in [0.25, 0.3) is 0 Å². The summed E-state index contributed by atoms with van der Waals surface area (Å²) in [6, 6.07) is 4.98. The first kappa shape index (κ1) is 19.4. The van der Waals surface area contributed by atoms with Gasteiger partial charge in [0.15, 0.2) is 11.5 Å². The molecule has 0 aliphatic rings. The average molecular weight is 328 g/mol. The average Bonchev–Trinajstić information content (AvgIpc) is 2.59. The lowest BCUT2D eigenvalue weighted by molar-refractivity contribution is -0.136. The predicted octanol–water partition coefficient (Wildman–Crippen LogP) is 4.10. The normalized spacial score (nSPS) is 10.6. The van der Waals surface area contributed by atoms with Crippen molar-refractivity contribution < 1.29 is 19.4 Å². The van der Waals surface area contributed by atoms with Crippen LogP contribution in [0, 0.1) is 11.8 Å². The highest BCUT2D eigenvalue weighted by Crippen LogP contribution is 2.26. The maximum Gasteiger partial charge on any atom is 0.331 e. The van der Waals surface area contributed by atoms with E-state index in [-0.39, 0.29) is 12.4 Å². The van der Waals surface area contributed by atoms with E-state index < -0.39 is 5.97 Å². The van der Waals surface area contributed by atoms with E-state index >= 15 is 0 Å². The number of unbranched alkanes of at least 4 members (excludes halogenated alkanes) is 3. The number of aromatic hydroxyl groups is 1. The Hall–Kier alpha value is -2.67. The first-order chi connectivity index (χ1) is 11.7. The molecule has 0 aliphatic carbocycles. The van der Waals surface area contributed by atoms with Crippen LogP contribution in [0.2, 0.25) is 0 Å². The third-order valence-electron chi connectivity index (χ3n) is 3.15. The van der Waals surface area contributed by atoms with Crippen LogP contribution in [0.15, 0.2) is 36.4 Å². The third-order valence-corrected chi connectivity index (χ3v) is 3.15. The Balaban J connectivity index is 2.32. The summed E-state index contributed by atoms with van der Waals surface area (Å²) in [4.78, 5) is 11.5. The highest BCUT2D eigenvalue weighted by Gasteiger charge is 2.00. The van der Waals surface area contributed by atoms with Crippen molar-refractivity contribution in [2.24, 2.45) is 0 Å². The highest BCUT2D eigenvalue weighted by molar-refractivity contribution is 5.82. The summed E-state index contributed by atoms with van der Waals surface area (Å²) >= 11 is 0. The fraction of sp³-hybridized carbons (Fsp3) is 0.350. The molecule has 4 nitrogen and oxygen atoms in total. The zero-order valence-electron chi connectivity index (χ0n) is 14.2. The van der Waals surface area contributed by atoms with Crippen LogP contribution in [0.4, 0.5) is 0 Å². The molecule has 1 rings (SSSR count). The Morgan fingerprint density at radius 3 is 2.92 bits per heavy atom. The molecule has 0 radical (unpaired) electrons. The molecule has 0 amide bonds. The Morgan fingerprint density at radius 2 is 2.17 bits per heavy atom. The van der Waals surface area contributed by atoms with Crippen molar-refractivity contribution in [1.29, 1.82) is 0 Å². The molecule has 0 unspecified atom stereocenters. The topological polar surface area (TPSA) is 55.8 Å². The molecule has 1 aromatic carbocycles. The maximum atomic E-state index is 11.5. The maximum absolute atomic E-state index is 11.5. The highest BCUT2D eigenvalue weighted by atomic mass is 16.5. The molecule has 24 heavy (non-hydrogen) atoms. The van der Waals surface area contributed by atoms with Gasteiger partial charge in [0.1, 0.15) is 6.61 Å². The van der Waals surface area contributed by atoms with E-state index in [1.165, 1.54) is 32.1 Å². The van der Waals surface area contributed by atoms with E-state index in [4.69, 9.17) is 9.47 Å². The molecule has 128 valence electrons. The second-order valence-corrected chi connectivity index (χ2v) is 5.08. The van der Waals surface area contributed by atoms with Gasteiger partial charge in [-0.2, -0.15) is 0 Å². The molecule has 0 saturated heterocycles. The number of carbonyl (C=O) groups is 1. The van der Waals surface area contributed by atoms with Crippen LogP contribution < -0.4 is 4.74 Å². The van der Waals surface area contributed by atoms with E-state index in [0.717, 1.165) is 18.4 Å². The van der Waals surface area contributed by atoms with Gasteiger partial charge in [0.05, 0.1) is 7.11 Å². The number of rotatable bonds is 8. The molecule has 1 N–H and O–H groups in total. The quantitative estimate of drug-likeness (QED) is 0.338. The van der Waals surface area contributed by atoms with Crippen LogP contribution in [0.1, 0.15) is 38.2 Å². The number of esters is 1. The molecular weight excluding hydrogens is 304 g/mol. The lowest BCUT2D eigenvalue weighted by Crippen LogP contribution is -1.99. The number of phenolic OH excluding ortho intramolecular Hbond substituents is 1. The lowest BCUT2D eigenvalue weighted by Gasteiger charge is -2.03. The SMILES string of the molecule is CCCCCC#CC=CC(=O)OCC=Cc1ccc(O)c(OC)c1.